The van der Waals surface area contributed by atoms with Crippen molar-refractivity contribution in [1.82, 2.24) is 10.6 Å². The number of guanidine groups is 1. The number of hydrogen-bond acceptors (Lipinski definition) is 4. The number of nitrogens with one attached hydrogen (secondary N) is 2. The molecule has 5 heteroatoms. The van der Waals surface area contributed by atoms with Gasteiger partial charge in [-0.3, -0.25) is 4.99 Å². The Labute approximate surface area is 126 Å². The maximum Gasteiger partial charge on any atom is 0.191 e. The molecule has 3 unspecified atom stereocenters. The summed E-state index contributed by atoms with van der Waals surface area (Å²) in [5, 5.41) is 17.2. The maximum absolute atomic E-state index is 10.6. The zero-order valence-electron chi connectivity index (χ0n) is 10.8. The fraction of sp³-hybridized carbons (Fsp3) is 0.923. The third-order valence-corrected chi connectivity index (χ3v) is 4.69. The van der Waals surface area contributed by atoms with Crippen molar-refractivity contribution >= 4 is 29.9 Å². The Morgan fingerprint density at radius 3 is 2.94 bits per heavy atom. The summed E-state index contributed by atoms with van der Waals surface area (Å²) in [6, 6.07) is 0. The topological polar surface area (TPSA) is 56.6 Å². The summed E-state index contributed by atoms with van der Waals surface area (Å²) < 4.78 is 0. The molecule has 2 fully saturated rings. The molecular weight excluding hydrogens is 341 g/mol. The van der Waals surface area contributed by atoms with Gasteiger partial charge in [-0.2, -0.15) is 0 Å². The molecule has 0 spiro atoms. The monoisotopic (exact) mass is 365 g/mol. The molecule has 0 amide bonds. The first-order valence-electron chi connectivity index (χ1n) is 7.01. The van der Waals surface area contributed by atoms with Gasteiger partial charge in [0, 0.05) is 19.6 Å². The Hall–Kier alpha value is -0.0400. The smallest absolute Gasteiger partial charge is 0.191 e. The van der Waals surface area contributed by atoms with E-state index in [9.17, 15) is 5.11 Å². The van der Waals surface area contributed by atoms with Crippen molar-refractivity contribution in [3.05, 3.63) is 0 Å². The third-order valence-electron chi connectivity index (χ3n) is 4.69. The minimum Gasteiger partial charge on any atom is -0.390 e. The van der Waals surface area contributed by atoms with Gasteiger partial charge in [0.25, 0.3) is 0 Å². The van der Waals surface area contributed by atoms with Crippen LogP contribution in [-0.4, -0.2) is 36.3 Å². The normalized spacial score (nSPS) is 37.7. The Balaban J connectivity index is 0.00000120. The highest BCUT2D eigenvalue weighted by atomic mass is 127. The summed E-state index contributed by atoms with van der Waals surface area (Å²) >= 11 is 0. The summed E-state index contributed by atoms with van der Waals surface area (Å²) in [6.07, 6.45) is 6.86. The molecular formula is C13H24IN3O. The fourth-order valence-corrected chi connectivity index (χ4v) is 3.77. The molecule has 2 bridgehead atoms. The van der Waals surface area contributed by atoms with E-state index < -0.39 is 0 Å². The molecule has 104 valence electrons. The average Bonchev–Trinajstić information content (AvgIpc) is 2.90. The van der Waals surface area contributed by atoms with E-state index in [1.165, 1.54) is 19.3 Å². The molecule has 4 nitrogen and oxygen atoms in total. The number of nitrogens with zero attached hydrogens (tertiary/aromatic N) is 1. The van der Waals surface area contributed by atoms with Crippen molar-refractivity contribution in [3.63, 3.8) is 0 Å². The third kappa shape index (κ3) is 2.92. The molecule has 3 rings (SSSR count). The molecule has 0 aromatic carbocycles. The van der Waals surface area contributed by atoms with Crippen LogP contribution in [0.5, 0.6) is 0 Å². The molecule has 2 aliphatic carbocycles. The standard InChI is InChI=1S/C13H23N3O.HI/c17-13(9-10-2-3-11(13)8-10)4-7-16-12-14-5-1-6-15-12;/h10-11,17H,1-9H2,(H2,14,15,16);1H. The first-order valence-corrected chi connectivity index (χ1v) is 7.01. The molecule has 0 radical (unpaired) electrons. The van der Waals surface area contributed by atoms with E-state index in [2.05, 4.69) is 15.6 Å². The number of rotatable bonds is 3. The van der Waals surface area contributed by atoms with E-state index in [4.69, 9.17) is 0 Å². The molecule has 0 aromatic rings. The highest BCUT2D eigenvalue weighted by molar-refractivity contribution is 14.0. The van der Waals surface area contributed by atoms with Crippen LogP contribution in [0.3, 0.4) is 0 Å². The largest absolute Gasteiger partial charge is 0.390 e. The van der Waals surface area contributed by atoms with Crippen molar-refractivity contribution in [2.75, 3.05) is 19.6 Å². The van der Waals surface area contributed by atoms with E-state index in [-0.39, 0.29) is 29.6 Å². The molecule has 3 aliphatic rings. The van der Waals surface area contributed by atoms with Crippen LogP contribution in [0, 0.1) is 11.8 Å². The number of aliphatic hydroxyl groups is 1. The summed E-state index contributed by atoms with van der Waals surface area (Å²) in [5.41, 5.74) is -0.384. The highest BCUT2D eigenvalue weighted by Crippen LogP contribution is 2.51. The first-order chi connectivity index (χ1) is 8.26. The molecule has 1 heterocycles. The van der Waals surface area contributed by atoms with Gasteiger partial charge in [0.05, 0.1) is 5.60 Å². The minimum absolute atomic E-state index is 0. The predicted molar refractivity (Wildman–Crippen MR) is 83.4 cm³/mol. The summed E-state index contributed by atoms with van der Waals surface area (Å²) in [4.78, 5) is 4.38. The lowest BCUT2D eigenvalue weighted by molar-refractivity contribution is -0.0191. The van der Waals surface area contributed by atoms with Gasteiger partial charge in [0.2, 0.25) is 0 Å². The summed E-state index contributed by atoms with van der Waals surface area (Å²) in [7, 11) is 0. The van der Waals surface area contributed by atoms with Crippen LogP contribution in [0.4, 0.5) is 0 Å². The zero-order valence-corrected chi connectivity index (χ0v) is 13.2. The molecule has 3 N–H and O–H groups in total. The van der Waals surface area contributed by atoms with Crippen LogP contribution in [0.15, 0.2) is 4.99 Å². The molecule has 18 heavy (non-hydrogen) atoms. The van der Waals surface area contributed by atoms with E-state index >= 15 is 0 Å². The maximum atomic E-state index is 10.6. The van der Waals surface area contributed by atoms with Crippen molar-refractivity contribution in [2.24, 2.45) is 16.8 Å². The molecule has 2 saturated carbocycles. The fourth-order valence-electron chi connectivity index (χ4n) is 3.77. The number of hydrogen-bond donors (Lipinski definition) is 3. The van der Waals surface area contributed by atoms with Gasteiger partial charge < -0.3 is 15.7 Å². The number of fused-ring (bicyclic) bond motifs is 2. The van der Waals surface area contributed by atoms with Gasteiger partial charge in [0.1, 0.15) is 0 Å². The second-order valence-corrected chi connectivity index (χ2v) is 5.87. The van der Waals surface area contributed by atoms with Gasteiger partial charge in [-0.15, -0.1) is 24.0 Å². The zero-order chi connectivity index (χ0) is 11.7. The Kier molecular flexibility index (Phi) is 4.75. The predicted octanol–water partition coefficient (Wildman–Crippen LogP) is 1.48. The Morgan fingerprint density at radius 2 is 2.33 bits per heavy atom. The lowest BCUT2D eigenvalue weighted by atomic mass is 9.82. The van der Waals surface area contributed by atoms with E-state index in [1.807, 2.05) is 0 Å². The van der Waals surface area contributed by atoms with Crippen LogP contribution in [0.1, 0.15) is 38.5 Å². The molecule has 0 aromatic heterocycles. The van der Waals surface area contributed by atoms with E-state index in [0.717, 1.165) is 50.8 Å². The Morgan fingerprint density at radius 1 is 1.44 bits per heavy atom. The van der Waals surface area contributed by atoms with Gasteiger partial charge in [-0.1, -0.05) is 0 Å². The van der Waals surface area contributed by atoms with Crippen LogP contribution in [0.2, 0.25) is 0 Å². The average molecular weight is 365 g/mol. The van der Waals surface area contributed by atoms with Gasteiger partial charge in [-0.25, -0.2) is 0 Å². The van der Waals surface area contributed by atoms with Crippen LogP contribution in [0.25, 0.3) is 0 Å². The van der Waals surface area contributed by atoms with Gasteiger partial charge >= 0.3 is 0 Å². The minimum atomic E-state index is -0.384. The first kappa shape index (κ1) is 14.4. The number of aliphatic imine (C=N–C) groups is 1. The summed E-state index contributed by atoms with van der Waals surface area (Å²) in [5.74, 6) is 2.29. The van der Waals surface area contributed by atoms with E-state index in [1.54, 1.807) is 0 Å². The lowest BCUT2D eigenvalue weighted by Gasteiger charge is -2.32. The quantitative estimate of drug-likeness (QED) is 0.665. The van der Waals surface area contributed by atoms with Crippen molar-refractivity contribution in [3.8, 4) is 0 Å². The van der Waals surface area contributed by atoms with Crippen LogP contribution in [-0.2, 0) is 0 Å². The van der Waals surface area contributed by atoms with Crippen molar-refractivity contribution < 1.29 is 5.11 Å². The Bertz CT molecular complexity index is 323. The lowest BCUT2D eigenvalue weighted by Crippen LogP contribution is -2.44. The summed E-state index contributed by atoms with van der Waals surface area (Å²) in [6.45, 7) is 2.77. The molecule has 3 atom stereocenters. The highest BCUT2D eigenvalue weighted by Gasteiger charge is 2.49. The van der Waals surface area contributed by atoms with E-state index in [0.29, 0.717) is 5.92 Å². The molecule has 0 saturated heterocycles. The second-order valence-electron chi connectivity index (χ2n) is 5.87. The molecule has 1 aliphatic heterocycles. The second kappa shape index (κ2) is 5.94. The van der Waals surface area contributed by atoms with Gasteiger partial charge in [0.15, 0.2) is 5.96 Å². The van der Waals surface area contributed by atoms with Crippen molar-refractivity contribution in [1.29, 1.82) is 0 Å². The van der Waals surface area contributed by atoms with Gasteiger partial charge in [-0.05, 0) is 50.4 Å². The van der Waals surface area contributed by atoms with Crippen LogP contribution < -0.4 is 10.6 Å². The number of halogens is 1. The SMILES string of the molecule is I.OC1(CCNC2=NCCCN2)CC2CCC1C2. The van der Waals surface area contributed by atoms with Crippen LogP contribution >= 0.6 is 24.0 Å². The van der Waals surface area contributed by atoms with Crippen molar-refractivity contribution in [2.45, 2.75) is 44.1 Å².